The molecule has 1 heterocycles. The van der Waals surface area contributed by atoms with E-state index in [1.807, 2.05) is 37.3 Å². The second-order valence-electron chi connectivity index (χ2n) is 7.77. The molecule has 2 aliphatic rings. The lowest BCUT2D eigenvalue weighted by atomic mass is 9.79. The Kier molecular flexibility index (Phi) is 6.14. The third-order valence-electron chi connectivity index (χ3n) is 6.04. The molecule has 2 N–H and O–H groups in total. The standard InChI is InChI=1S/C21H28N2O4/c1-14(15-7-3-2-4-8-15)23-13-17(11-19(23)24)20(25)22-12-16-9-5-6-10-18(16)21(26)27/h2-4,7-8,14,16-18H,5-6,9-13H2,1H3,(H,22,25)(H,26,27)/t14?,16-,17?,18-/m0/s1. The molecule has 0 aromatic heterocycles. The Morgan fingerprint density at radius 2 is 1.93 bits per heavy atom. The average Bonchev–Trinajstić information content (AvgIpc) is 3.08. The Balaban J connectivity index is 1.55. The topological polar surface area (TPSA) is 86.7 Å². The van der Waals surface area contributed by atoms with Crippen LogP contribution in [0.1, 0.15) is 50.6 Å². The molecule has 4 atom stereocenters. The highest BCUT2D eigenvalue weighted by Crippen LogP contribution is 2.31. The van der Waals surface area contributed by atoms with Gasteiger partial charge in [0.25, 0.3) is 0 Å². The fraction of sp³-hybridized carbons (Fsp3) is 0.571. The van der Waals surface area contributed by atoms with Crippen LogP contribution in [-0.2, 0) is 14.4 Å². The average molecular weight is 372 g/mol. The lowest BCUT2D eigenvalue weighted by molar-refractivity contribution is -0.145. The molecule has 2 amide bonds. The van der Waals surface area contributed by atoms with Crippen molar-refractivity contribution in [3.8, 4) is 0 Å². The Hall–Kier alpha value is -2.37. The van der Waals surface area contributed by atoms with E-state index in [1.54, 1.807) is 4.90 Å². The normalized spacial score (nSPS) is 26.6. The number of benzene rings is 1. The van der Waals surface area contributed by atoms with Gasteiger partial charge < -0.3 is 15.3 Å². The first kappa shape index (κ1) is 19.4. The highest BCUT2D eigenvalue weighted by molar-refractivity contribution is 5.89. The maximum Gasteiger partial charge on any atom is 0.306 e. The number of carbonyl (C=O) groups excluding carboxylic acids is 2. The lowest BCUT2D eigenvalue weighted by Gasteiger charge is -2.29. The predicted octanol–water partition coefficient (Wildman–Crippen LogP) is 2.60. The van der Waals surface area contributed by atoms with Crippen molar-refractivity contribution in [1.82, 2.24) is 10.2 Å². The molecule has 6 nitrogen and oxygen atoms in total. The molecule has 6 heteroatoms. The van der Waals surface area contributed by atoms with Crippen LogP contribution in [0.15, 0.2) is 30.3 Å². The van der Waals surface area contributed by atoms with Crippen LogP contribution in [0.5, 0.6) is 0 Å². The van der Waals surface area contributed by atoms with Gasteiger partial charge in [-0.25, -0.2) is 0 Å². The first-order chi connectivity index (χ1) is 13.0. The van der Waals surface area contributed by atoms with E-state index in [0.29, 0.717) is 19.5 Å². The molecule has 0 bridgehead atoms. The number of carboxylic acids is 1. The van der Waals surface area contributed by atoms with Crippen molar-refractivity contribution in [2.75, 3.05) is 13.1 Å². The number of rotatable bonds is 6. The van der Waals surface area contributed by atoms with E-state index < -0.39 is 5.97 Å². The molecule has 0 radical (unpaired) electrons. The van der Waals surface area contributed by atoms with Gasteiger partial charge in [0.15, 0.2) is 0 Å². The van der Waals surface area contributed by atoms with Crippen LogP contribution in [0.2, 0.25) is 0 Å². The number of nitrogens with one attached hydrogen (secondary N) is 1. The Morgan fingerprint density at radius 1 is 1.22 bits per heavy atom. The minimum absolute atomic E-state index is 0.00687. The zero-order chi connectivity index (χ0) is 19.4. The van der Waals surface area contributed by atoms with Crippen LogP contribution < -0.4 is 5.32 Å². The predicted molar refractivity (Wildman–Crippen MR) is 101 cm³/mol. The van der Waals surface area contributed by atoms with Crippen molar-refractivity contribution in [3.63, 3.8) is 0 Å². The maximum absolute atomic E-state index is 12.6. The molecule has 1 aliphatic heterocycles. The molecule has 3 rings (SSSR count). The number of carbonyl (C=O) groups is 3. The second-order valence-corrected chi connectivity index (χ2v) is 7.77. The van der Waals surface area contributed by atoms with Crippen molar-refractivity contribution in [1.29, 1.82) is 0 Å². The minimum atomic E-state index is -0.771. The number of likely N-dealkylation sites (tertiary alicyclic amines) is 1. The van der Waals surface area contributed by atoms with E-state index in [9.17, 15) is 19.5 Å². The van der Waals surface area contributed by atoms with Gasteiger partial charge in [0.05, 0.1) is 17.9 Å². The fourth-order valence-corrected chi connectivity index (χ4v) is 4.35. The van der Waals surface area contributed by atoms with Crippen LogP contribution in [0.3, 0.4) is 0 Å². The summed E-state index contributed by atoms with van der Waals surface area (Å²) >= 11 is 0. The van der Waals surface area contributed by atoms with E-state index in [-0.39, 0.29) is 42.0 Å². The third kappa shape index (κ3) is 4.49. The molecular formula is C21H28N2O4. The van der Waals surface area contributed by atoms with Crippen LogP contribution in [0.25, 0.3) is 0 Å². The van der Waals surface area contributed by atoms with E-state index >= 15 is 0 Å². The van der Waals surface area contributed by atoms with Gasteiger partial charge in [-0.2, -0.15) is 0 Å². The monoisotopic (exact) mass is 372 g/mol. The number of carboxylic acid groups (broad SMARTS) is 1. The van der Waals surface area contributed by atoms with E-state index in [2.05, 4.69) is 5.32 Å². The zero-order valence-corrected chi connectivity index (χ0v) is 15.8. The first-order valence-electron chi connectivity index (χ1n) is 9.82. The van der Waals surface area contributed by atoms with E-state index in [0.717, 1.165) is 24.8 Å². The Bertz CT molecular complexity index is 691. The maximum atomic E-state index is 12.6. The molecule has 1 aromatic carbocycles. The van der Waals surface area contributed by atoms with Gasteiger partial charge in [0.2, 0.25) is 11.8 Å². The Morgan fingerprint density at radius 3 is 2.63 bits per heavy atom. The van der Waals surface area contributed by atoms with E-state index in [4.69, 9.17) is 0 Å². The van der Waals surface area contributed by atoms with Crippen molar-refractivity contribution in [2.24, 2.45) is 17.8 Å². The summed E-state index contributed by atoms with van der Waals surface area (Å²) in [7, 11) is 0. The highest BCUT2D eigenvalue weighted by atomic mass is 16.4. The summed E-state index contributed by atoms with van der Waals surface area (Å²) in [6, 6.07) is 9.74. The number of aliphatic carboxylic acids is 1. The molecule has 27 heavy (non-hydrogen) atoms. The SMILES string of the molecule is CC(c1ccccc1)N1CC(C(=O)NC[C@@H]2CCCC[C@@H]2C(=O)O)CC1=O. The van der Waals surface area contributed by atoms with Crippen LogP contribution in [0, 0.1) is 17.8 Å². The molecule has 1 aromatic rings. The van der Waals surface area contributed by atoms with Crippen molar-refractivity contribution < 1.29 is 19.5 Å². The summed E-state index contributed by atoms with van der Waals surface area (Å²) in [4.78, 5) is 38.2. The number of amides is 2. The molecule has 2 fully saturated rings. The largest absolute Gasteiger partial charge is 0.481 e. The summed E-state index contributed by atoms with van der Waals surface area (Å²) in [6.07, 6.45) is 3.67. The van der Waals surface area contributed by atoms with E-state index in [1.165, 1.54) is 0 Å². The Labute approximate surface area is 159 Å². The molecule has 1 aliphatic carbocycles. The summed E-state index contributed by atoms with van der Waals surface area (Å²) in [5.41, 5.74) is 1.05. The van der Waals surface area contributed by atoms with Crippen LogP contribution >= 0.6 is 0 Å². The minimum Gasteiger partial charge on any atom is -0.481 e. The summed E-state index contributed by atoms with van der Waals surface area (Å²) in [5.74, 6) is -1.67. The summed E-state index contributed by atoms with van der Waals surface area (Å²) in [6.45, 7) is 2.77. The molecule has 1 saturated carbocycles. The summed E-state index contributed by atoms with van der Waals surface area (Å²) < 4.78 is 0. The highest BCUT2D eigenvalue weighted by Gasteiger charge is 2.38. The number of hydrogen-bond donors (Lipinski definition) is 2. The molecule has 2 unspecified atom stereocenters. The molecule has 1 saturated heterocycles. The van der Waals surface area contributed by atoms with Gasteiger partial charge in [-0.3, -0.25) is 14.4 Å². The van der Waals surface area contributed by atoms with Crippen molar-refractivity contribution in [2.45, 2.75) is 45.1 Å². The number of hydrogen-bond acceptors (Lipinski definition) is 3. The van der Waals surface area contributed by atoms with Gasteiger partial charge in [0.1, 0.15) is 0 Å². The number of nitrogens with zero attached hydrogens (tertiary/aromatic N) is 1. The van der Waals surface area contributed by atoms with Crippen molar-refractivity contribution >= 4 is 17.8 Å². The van der Waals surface area contributed by atoms with Crippen molar-refractivity contribution in [3.05, 3.63) is 35.9 Å². The third-order valence-corrected chi connectivity index (χ3v) is 6.04. The molecular weight excluding hydrogens is 344 g/mol. The second kappa shape index (κ2) is 8.55. The van der Waals surface area contributed by atoms with Gasteiger partial charge in [0, 0.05) is 19.5 Å². The molecule has 0 spiro atoms. The summed E-state index contributed by atoms with van der Waals surface area (Å²) in [5, 5.41) is 12.3. The van der Waals surface area contributed by atoms with Crippen LogP contribution in [0.4, 0.5) is 0 Å². The van der Waals surface area contributed by atoms with Gasteiger partial charge in [-0.05, 0) is 31.2 Å². The quantitative estimate of drug-likeness (QED) is 0.804. The van der Waals surface area contributed by atoms with Gasteiger partial charge in [-0.15, -0.1) is 0 Å². The smallest absolute Gasteiger partial charge is 0.306 e. The lowest BCUT2D eigenvalue weighted by Crippen LogP contribution is -2.40. The fourth-order valence-electron chi connectivity index (χ4n) is 4.35. The first-order valence-corrected chi connectivity index (χ1v) is 9.82. The zero-order valence-electron chi connectivity index (χ0n) is 15.8. The molecule has 146 valence electrons. The van der Waals surface area contributed by atoms with Crippen LogP contribution in [-0.4, -0.2) is 40.9 Å². The van der Waals surface area contributed by atoms with Gasteiger partial charge in [-0.1, -0.05) is 43.2 Å². The van der Waals surface area contributed by atoms with Gasteiger partial charge >= 0.3 is 5.97 Å².